The number of halogens is 2. The lowest BCUT2D eigenvalue weighted by molar-refractivity contribution is 0.252. The smallest absolute Gasteiger partial charge is 0.319 e. The van der Waals surface area contributed by atoms with Crippen molar-refractivity contribution in [1.29, 1.82) is 0 Å². The molecule has 3 N–H and O–H groups in total. The third-order valence-electron chi connectivity index (χ3n) is 3.51. The lowest BCUT2D eigenvalue weighted by Gasteiger charge is -2.10. The third kappa shape index (κ3) is 3.38. The molecule has 0 unspecified atom stereocenters. The summed E-state index contributed by atoms with van der Waals surface area (Å²) < 4.78 is 13.1. The summed E-state index contributed by atoms with van der Waals surface area (Å²) in [6.07, 6.45) is 1.57. The number of anilines is 1. The molecular weight excluding hydrogens is 333 g/mol. The molecule has 1 heterocycles. The molecule has 1 aromatic heterocycles. The van der Waals surface area contributed by atoms with Crippen LogP contribution < -0.4 is 16.2 Å². The number of H-pyrrole nitrogens is 1. The van der Waals surface area contributed by atoms with E-state index in [1.165, 1.54) is 18.2 Å². The Hall–Kier alpha value is -2.86. The summed E-state index contributed by atoms with van der Waals surface area (Å²) >= 11 is 5.67. The summed E-state index contributed by atoms with van der Waals surface area (Å²) in [4.78, 5) is 26.4. The van der Waals surface area contributed by atoms with Crippen molar-refractivity contribution in [1.82, 2.24) is 10.3 Å². The number of aromatic nitrogens is 1. The van der Waals surface area contributed by atoms with Crippen molar-refractivity contribution in [3.8, 4) is 0 Å². The lowest BCUT2D eigenvalue weighted by Crippen LogP contribution is -2.28. The van der Waals surface area contributed by atoms with Crippen molar-refractivity contribution in [3.05, 3.63) is 75.4 Å². The van der Waals surface area contributed by atoms with Crippen LogP contribution in [0.1, 0.15) is 5.56 Å². The van der Waals surface area contributed by atoms with Crippen LogP contribution in [0.2, 0.25) is 5.02 Å². The highest BCUT2D eigenvalue weighted by atomic mass is 35.5. The second-order valence-corrected chi connectivity index (χ2v) is 5.53. The maximum atomic E-state index is 13.1. The van der Waals surface area contributed by atoms with Gasteiger partial charge < -0.3 is 15.6 Å². The van der Waals surface area contributed by atoms with Gasteiger partial charge in [0.1, 0.15) is 5.82 Å². The highest BCUT2D eigenvalue weighted by Crippen LogP contribution is 2.19. The minimum Gasteiger partial charge on any atom is -0.334 e. The fourth-order valence-corrected chi connectivity index (χ4v) is 2.52. The second-order valence-electron chi connectivity index (χ2n) is 5.13. The standard InChI is InChI=1S/C17H13ClFN3O2/c18-14-7-11(5-6-15(14)19)22-17(24)21-9-10-8-20-16(23)13-4-2-1-3-12(10)13/h1-8H,9H2,(H,20,23)(H2,21,22,24). The quantitative estimate of drug-likeness (QED) is 0.678. The summed E-state index contributed by atoms with van der Waals surface area (Å²) in [7, 11) is 0. The Morgan fingerprint density at radius 1 is 1.17 bits per heavy atom. The van der Waals surface area contributed by atoms with Crippen LogP contribution >= 0.6 is 11.6 Å². The molecule has 0 fully saturated rings. The lowest BCUT2D eigenvalue weighted by atomic mass is 10.1. The van der Waals surface area contributed by atoms with Crippen molar-refractivity contribution >= 4 is 34.1 Å². The van der Waals surface area contributed by atoms with Crippen LogP contribution in [0.15, 0.2) is 53.5 Å². The van der Waals surface area contributed by atoms with E-state index in [1.54, 1.807) is 18.3 Å². The molecule has 0 saturated heterocycles. The van der Waals surface area contributed by atoms with Gasteiger partial charge in [0.05, 0.1) is 5.02 Å². The van der Waals surface area contributed by atoms with E-state index in [-0.39, 0.29) is 17.1 Å². The number of hydrogen-bond donors (Lipinski definition) is 3. The minimum atomic E-state index is -0.553. The number of pyridine rings is 1. The molecule has 3 aromatic rings. The first-order valence-electron chi connectivity index (χ1n) is 7.14. The number of aromatic amines is 1. The largest absolute Gasteiger partial charge is 0.334 e. The van der Waals surface area contributed by atoms with Crippen molar-refractivity contribution in [3.63, 3.8) is 0 Å². The van der Waals surface area contributed by atoms with Gasteiger partial charge in [0.25, 0.3) is 5.56 Å². The van der Waals surface area contributed by atoms with Gasteiger partial charge in [-0.25, -0.2) is 9.18 Å². The number of amides is 2. The first kappa shape index (κ1) is 16.0. The fourth-order valence-electron chi connectivity index (χ4n) is 2.34. The molecule has 2 amide bonds. The van der Waals surface area contributed by atoms with Crippen molar-refractivity contribution in [2.75, 3.05) is 5.32 Å². The van der Waals surface area contributed by atoms with E-state index >= 15 is 0 Å². The number of benzene rings is 2. The maximum absolute atomic E-state index is 13.1. The van der Waals surface area contributed by atoms with Crippen molar-refractivity contribution in [2.45, 2.75) is 6.54 Å². The molecule has 0 spiro atoms. The molecule has 0 aliphatic carbocycles. The van der Waals surface area contributed by atoms with Gasteiger partial charge in [-0.3, -0.25) is 4.79 Å². The molecular formula is C17H13ClFN3O2. The number of fused-ring (bicyclic) bond motifs is 1. The highest BCUT2D eigenvalue weighted by molar-refractivity contribution is 6.31. The summed E-state index contributed by atoms with van der Waals surface area (Å²) in [5.41, 5.74) is 0.975. The molecule has 7 heteroatoms. The molecule has 5 nitrogen and oxygen atoms in total. The number of urea groups is 1. The van der Waals surface area contributed by atoms with Crippen LogP contribution in [-0.2, 0) is 6.54 Å². The highest BCUT2D eigenvalue weighted by Gasteiger charge is 2.07. The van der Waals surface area contributed by atoms with Gasteiger partial charge in [-0.05, 0) is 35.2 Å². The average Bonchev–Trinajstić information content (AvgIpc) is 2.58. The normalized spacial score (nSPS) is 10.6. The molecule has 0 bridgehead atoms. The first-order chi connectivity index (χ1) is 11.5. The minimum absolute atomic E-state index is 0.0700. The molecule has 3 rings (SSSR count). The van der Waals surface area contributed by atoms with E-state index in [2.05, 4.69) is 15.6 Å². The Kier molecular flexibility index (Phi) is 4.48. The Labute approximate surface area is 141 Å². The zero-order chi connectivity index (χ0) is 17.1. The molecule has 0 aliphatic heterocycles. The van der Waals surface area contributed by atoms with Gasteiger partial charge >= 0.3 is 6.03 Å². The van der Waals surface area contributed by atoms with Gasteiger partial charge in [-0.1, -0.05) is 29.8 Å². The number of hydrogen-bond acceptors (Lipinski definition) is 2. The van der Waals surface area contributed by atoms with Crippen molar-refractivity contribution in [2.24, 2.45) is 0 Å². The molecule has 0 atom stereocenters. The topological polar surface area (TPSA) is 74.0 Å². The van der Waals surface area contributed by atoms with Crippen molar-refractivity contribution < 1.29 is 9.18 Å². The predicted octanol–water partition coefficient (Wildman–Crippen LogP) is 3.64. The summed E-state index contributed by atoms with van der Waals surface area (Å²) in [5, 5.41) is 6.51. The Balaban J connectivity index is 1.72. The SMILES string of the molecule is O=C(NCc1c[nH]c(=O)c2ccccc12)Nc1ccc(F)c(Cl)c1. The maximum Gasteiger partial charge on any atom is 0.319 e. The molecule has 0 radical (unpaired) electrons. The molecule has 0 aliphatic rings. The number of nitrogens with one attached hydrogen (secondary N) is 3. The second kappa shape index (κ2) is 6.72. The first-order valence-corrected chi connectivity index (χ1v) is 7.51. The molecule has 122 valence electrons. The monoisotopic (exact) mass is 345 g/mol. The van der Waals surface area contributed by atoms with Gasteiger partial charge in [-0.15, -0.1) is 0 Å². The molecule has 24 heavy (non-hydrogen) atoms. The number of rotatable bonds is 3. The van der Waals surface area contributed by atoms with Crippen LogP contribution in [0, 0.1) is 5.82 Å². The summed E-state index contributed by atoms with van der Waals surface area (Å²) in [5.74, 6) is -0.553. The Bertz CT molecular complexity index is 971. The van der Waals surface area contributed by atoms with E-state index < -0.39 is 11.8 Å². The summed E-state index contributed by atoms with van der Waals surface area (Å²) in [6.45, 7) is 0.220. The zero-order valence-electron chi connectivity index (χ0n) is 12.4. The van der Waals surface area contributed by atoms with Crippen LogP contribution in [0.5, 0.6) is 0 Å². The van der Waals surface area contributed by atoms with E-state index in [0.717, 1.165) is 10.9 Å². The Morgan fingerprint density at radius 2 is 1.92 bits per heavy atom. The van der Waals surface area contributed by atoms with E-state index in [1.807, 2.05) is 12.1 Å². The van der Waals surface area contributed by atoms with Crippen LogP contribution in [0.4, 0.5) is 14.9 Å². The van der Waals surface area contributed by atoms with E-state index in [4.69, 9.17) is 11.6 Å². The molecule has 0 saturated carbocycles. The fraction of sp³-hybridized carbons (Fsp3) is 0.0588. The van der Waals surface area contributed by atoms with Crippen LogP contribution in [0.25, 0.3) is 10.8 Å². The van der Waals surface area contributed by atoms with Crippen LogP contribution in [0.3, 0.4) is 0 Å². The third-order valence-corrected chi connectivity index (χ3v) is 3.80. The summed E-state index contributed by atoms with van der Waals surface area (Å²) in [6, 6.07) is 10.6. The molecule has 2 aromatic carbocycles. The average molecular weight is 346 g/mol. The zero-order valence-corrected chi connectivity index (χ0v) is 13.2. The predicted molar refractivity (Wildman–Crippen MR) is 91.8 cm³/mol. The van der Waals surface area contributed by atoms with Gasteiger partial charge in [-0.2, -0.15) is 0 Å². The Morgan fingerprint density at radius 3 is 2.67 bits per heavy atom. The van der Waals surface area contributed by atoms with E-state index in [9.17, 15) is 14.0 Å². The van der Waals surface area contributed by atoms with Gasteiger partial charge in [0.15, 0.2) is 0 Å². The van der Waals surface area contributed by atoms with Gasteiger partial charge in [0.2, 0.25) is 0 Å². The van der Waals surface area contributed by atoms with Crippen LogP contribution in [-0.4, -0.2) is 11.0 Å². The van der Waals surface area contributed by atoms with E-state index in [0.29, 0.717) is 11.1 Å². The van der Waals surface area contributed by atoms with Gasteiger partial charge in [0, 0.05) is 23.8 Å². The number of carbonyl (C=O) groups is 1. The number of carbonyl (C=O) groups excluding carboxylic acids is 1.